The van der Waals surface area contributed by atoms with Crippen LogP contribution in [-0.2, 0) is 4.74 Å². The molecule has 0 saturated heterocycles. The van der Waals surface area contributed by atoms with Crippen LogP contribution in [0.3, 0.4) is 0 Å². The summed E-state index contributed by atoms with van der Waals surface area (Å²) in [6.07, 6.45) is -0.903. The van der Waals surface area contributed by atoms with Crippen molar-refractivity contribution < 1.29 is 19.0 Å². The van der Waals surface area contributed by atoms with E-state index in [2.05, 4.69) is 0 Å². The van der Waals surface area contributed by atoms with E-state index in [0.29, 0.717) is 45.1 Å². The van der Waals surface area contributed by atoms with Crippen LogP contribution in [0.1, 0.15) is 33.2 Å². The van der Waals surface area contributed by atoms with Gasteiger partial charge in [-0.05, 0) is 12.1 Å². The molecule has 0 N–H and O–H groups in total. The van der Waals surface area contributed by atoms with E-state index >= 15 is 0 Å². The molecule has 4 rings (SSSR count). The standard InChI is InChI=1S/C19H13Cl3O4/c1-24-13-7-11-12(8-14(13)25-2)18(19(20,21)22)26-17-10-6-4-3-5-9(10)16(23)15(11)17/h3-8,18H,1-2H3. The second kappa shape index (κ2) is 6.08. The van der Waals surface area contributed by atoms with Gasteiger partial charge in [0.1, 0.15) is 5.76 Å². The second-order valence-corrected chi connectivity index (χ2v) is 8.28. The van der Waals surface area contributed by atoms with Gasteiger partial charge in [0.2, 0.25) is 3.79 Å². The summed E-state index contributed by atoms with van der Waals surface area (Å²) in [5.41, 5.74) is 2.85. The minimum Gasteiger partial charge on any atom is -0.493 e. The Hall–Kier alpha value is -1.88. The number of Topliss-reactive ketones (excluding diaryl/α,β-unsaturated/α-hetero) is 1. The summed E-state index contributed by atoms with van der Waals surface area (Å²) in [4.78, 5) is 13.0. The van der Waals surface area contributed by atoms with E-state index in [1.54, 1.807) is 24.3 Å². The number of ether oxygens (including phenoxy) is 3. The molecule has 1 unspecified atom stereocenters. The van der Waals surface area contributed by atoms with Crippen molar-refractivity contribution in [2.75, 3.05) is 14.2 Å². The van der Waals surface area contributed by atoms with Crippen molar-refractivity contribution in [1.29, 1.82) is 0 Å². The van der Waals surface area contributed by atoms with Crippen molar-refractivity contribution in [3.63, 3.8) is 0 Å². The Morgan fingerprint density at radius 2 is 1.58 bits per heavy atom. The van der Waals surface area contributed by atoms with Crippen LogP contribution < -0.4 is 9.47 Å². The van der Waals surface area contributed by atoms with Crippen molar-refractivity contribution in [2.24, 2.45) is 0 Å². The zero-order valence-electron chi connectivity index (χ0n) is 13.8. The number of ketones is 1. The summed E-state index contributed by atoms with van der Waals surface area (Å²) < 4.78 is 15.0. The van der Waals surface area contributed by atoms with Crippen molar-refractivity contribution >= 4 is 51.9 Å². The number of halogens is 3. The lowest BCUT2D eigenvalue weighted by atomic mass is 9.91. The molecule has 0 radical (unpaired) electrons. The SMILES string of the molecule is COc1cc2c(cc1OC)C(C(Cl)(Cl)Cl)OC1=C2C(=O)c2ccccc21. The molecular formula is C19H13Cl3O4. The van der Waals surface area contributed by atoms with Gasteiger partial charge in [0.15, 0.2) is 23.4 Å². The number of hydrogen-bond acceptors (Lipinski definition) is 4. The zero-order valence-corrected chi connectivity index (χ0v) is 16.1. The molecule has 0 bridgehead atoms. The summed E-state index contributed by atoms with van der Waals surface area (Å²) in [5.74, 6) is 1.22. The number of methoxy groups -OCH3 is 2. The molecule has 1 aliphatic heterocycles. The molecule has 0 saturated carbocycles. The molecule has 1 aliphatic carbocycles. The normalized spacial score (nSPS) is 18.0. The van der Waals surface area contributed by atoms with Crippen LogP contribution >= 0.6 is 34.8 Å². The van der Waals surface area contributed by atoms with Crippen LogP contribution in [0, 0.1) is 0 Å². The first kappa shape index (κ1) is 17.5. The summed E-state index contributed by atoms with van der Waals surface area (Å²) in [6, 6.07) is 10.6. The van der Waals surface area contributed by atoms with E-state index in [4.69, 9.17) is 49.0 Å². The van der Waals surface area contributed by atoms with E-state index in [9.17, 15) is 4.79 Å². The van der Waals surface area contributed by atoms with Gasteiger partial charge in [-0.1, -0.05) is 59.1 Å². The van der Waals surface area contributed by atoms with Crippen LogP contribution in [0.4, 0.5) is 0 Å². The first-order valence-corrected chi connectivity index (χ1v) is 8.88. The lowest BCUT2D eigenvalue weighted by Gasteiger charge is -2.32. The summed E-state index contributed by atoms with van der Waals surface area (Å²) in [5, 5.41) is 0. The molecule has 1 heterocycles. The van der Waals surface area contributed by atoms with Crippen molar-refractivity contribution in [3.05, 3.63) is 58.7 Å². The maximum Gasteiger partial charge on any atom is 0.231 e. The molecule has 2 aromatic carbocycles. The Morgan fingerprint density at radius 1 is 0.962 bits per heavy atom. The molecule has 0 aromatic heterocycles. The predicted molar refractivity (Wildman–Crippen MR) is 101 cm³/mol. The summed E-state index contributed by atoms with van der Waals surface area (Å²) in [7, 11) is 3.04. The van der Waals surface area contributed by atoms with Gasteiger partial charge in [-0.15, -0.1) is 0 Å². The van der Waals surface area contributed by atoms with Gasteiger partial charge in [-0.25, -0.2) is 0 Å². The Kier molecular flexibility index (Phi) is 4.10. The molecule has 2 aliphatic rings. The highest BCUT2D eigenvalue weighted by Gasteiger charge is 2.46. The molecule has 0 spiro atoms. The maximum absolute atomic E-state index is 13.0. The fraction of sp³-hybridized carbons (Fsp3) is 0.211. The Balaban J connectivity index is 2.02. The largest absolute Gasteiger partial charge is 0.493 e. The molecule has 4 nitrogen and oxygen atoms in total. The number of benzene rings is 2. The Morgan fingerprint density at radius 3 is 2.19 bits per heavy atom. The molecule has 1 atom stereocenters. The molecule has 0 amide bonds. The van der Waals surface area contributed by atoms with Crippen molar-refractivity contribution in [3.8, 4) is 11.5 Å². The number of fused-ring (bicyclic) bond motifs is 4. The number of alkyl halides is 3. The van der Waals surface area contributed by atoms with E-state index in [1.807, 2.05) is 12.1 Å². The smallest absolute Gasteiger partial charge is 0.231 e. The fourth-order valence-corrected chi connectivity index (χ4v) is 3.86. The van der Waals surface area contributed by atoms with E-state index in [0.717, 1.165) is 0 Å². The lowest BCUT2D eigenvalue weighted by molar-refractivity contribution is 0.105. The summed E-state index contributed by atoms with van der Waals surface area (Å²) in [6.45, 7) is 0. The van der Waals surface area contributed by atoms with Gasteiger partial charge in [-0.2, -0.15) is 0 Å². The van der Waals surface area contributed by atoms with Gasteiger partial charge < -0.3 is 14.2 Å². The number of carbonyl (C=O) groups is 1. The molecular weight excluding hydrogens is 399 g/mol. The van der Waals surface area contributed by atoms with Gasteiger partial charge in [0.25, 0.3) is 0 Å². The topological polar surface area (TPSA) is 44.8 Å². The second-order valence-electron chi connectivity index (χ2n) is 5.91. The van der Waals surface area contributed by atoms with E-state index in [1.165, 1.54) is 14.2 Å². The third kappa shape index (κ3) is 2.48. The van der Waals surface area contributed by atoms with Crippen molar-refractivity contribution in [1.82, 2.24) is 0 Å². The van der Waals surface area contributed by atoms with E-state index < -0.39 is 9.90 Å². The van der Waals surface area contributed by atoms with Crippen molar-refractivity contribution in [2.45, 2.75) is 9.90 Å². The number of allylic oxidation sites excluding steroid dienone is 1. The highest BCUT2D eigenvalue weighted by molar-refractivity contribution is 6.68. The van der Waals surface area contributed by atoms with Crippen LogP contribution in [0.25, 0.3) is 11.3 Å². The predicted octanol–water partition coefficient (Wildman–Crippen LogP) is 5.21. The Bertz CT molecular complexity index is 960. The van der Waals surface area contributed by atoms with Crippen LogP contribution in [0.2, 0.25) is 0 Å². The molecule has 7 heteroatoms. The summed E-state index contributed by atoms with van der Waals surface area (Å²) >= 11 is 18.6. The Labute approximate surface area is 165 Å². The molecule has 26 heavy (non-hydrogen) atoms. The minimum atomic E-state index is -1.74. The maximum atomic E-state index is 13.0. The highest BCUT2D eigenvalue weighted by Crippen LogP contribution is 2.55. The molecule has 134 valence electrons. The first-order valence-electron chi connectivity index (χ1n) is 7.75. The molecule has 2 aromatic rings. The average molecular weight is 412 g/mol. The van der Waals surface area contributed by atoms with Crippen LogP contribution in [0.5, 0.6) is 11.5 Å². The van der Waals surface area contributed by atoms with Gasteiger partial charge in [0.05, 0.1) is 19.8 Å². The third-order valence-electron chi connectivity index (χ3n) is 4.51. The highest BCUT2D eigenvalue weighted by atomic mass is 35.6. The van der Waals surface area contributed by atoms with Crippen LogP contribution in [-0.4, -0.2) is 23.8 Å². The zero-order chi connectivity index (χ0) is 18.6. The monoisotopic (exact) mass is 410 g/mol. The average Bonchev–Trinajstić information content (AvgIpc) is 2.92. The third-order valence-corrected chi connectivity index (χ3v) is 5.11. The number of carbonyl (C=O) groups excluding carboxylic acids is 1. The van der Waals surface area contributed by atoms with E-state index in [-0.39, 0.29) is 5.78 Å². The fourth-order valence-electron chi connectivity index (χ4n) is 3.37. The quantitative estimate of drug-likeness (QED) is 0.636. The lowest BCUT2D eigenvalue weighted by Crippen LogP contribution is -2.24. The number of rotatable bonds is 2. The van der Waals surface area contributed by atoms with Gasteiger partial charge in [-0.3, -0.25) is 4.79 Å². The first-order chi connectivity index (χ1) is 12.4. The molecule has 0 fully saturated rings. The van der Waals surface area contributed by atoms with Crippen LogP contribution in [0.15, 0.2) is 36.4 Å². The number of hydrogen-bond donors (Lipinski definition) is 0. The minimum absolute atomic E-state index is 0.133. The van der Waals surface area contributed by atoms with Gasteiger partial charge >= 0.3 is 0 Å². The van der Waals surface area contributed by atoms with Gasteiger partial charge in [0, 0.05) is 22.3 Å².